The minimum Gasteiger partial charge on any atom is -0.397 e. The largest absolute Gasteiger partial charge is 0.397 e. The molecule has 0 saturated carbocycles. The molecule has 3 N–H and O–H groups in total. The average Bonchev–Trinajstić information content (AvgIpc) is 2.01. The third kappa shape index (κ3) is 16.4. The SMILES string of the molecule is CC(O)COC(C)CO.CCO. The van der Waals surface area contributed by atoms with Gasteiger partial charge in [-0.25, -0.2) is 0 Å². The van der Waals surface area contributed by atoms with Gasteiger partial charge in [-0.05, 0) is 20.8 Å². The van der Waals surface area contributed by atoms with E-state index < -0.39 is 6.10 Å². The van der Waals surface area contributed by atoms with E-state index in [2.05, 4.69) is 0 Å². The Morgan fingerprint density at radius 3 is 1.92 bits per heavy atom. The van der Waals surface area contributed by atoms with Crippen LogP contribution in [0.4, 0.5) is 0 Å². The number of hydrogen-bond donors (Lipinski definition) is 3. The Kier molecular flexibility index (Phi) is 13.0. The van der Waals surface area contributed by atoms with Gasteiger partial charge in [-0.15, -0.1) is 0 Å². The maximum Gasteiger partial charge on any atom is 0.0779 e. The highest BCUT2D eigenvalue weighted by Crippen LogP contribution is 1.90. The van der Waals surface area contributed by atoms with Crippen molar-refractivity contribution in [3.63, 3.8) is 0 Å². The van der Waals surface area contributed by atoms with Gasteiger partial charge in [-0.3, -0.25) is 0 Å². The molecule has 0 aliphatic carbocycles. The first kappa shape index (κ1) is 14.4. The van der Waals surface area contributed by atoms with E-state index in [1.165, 1.54) is 0 Å². The van der Waals surface area contributed by atoms with E-state index in [1.807, 2.05) is 0 Å². The van der Waals surface area contributed by atoms with Crippen LogP contribution in [0.15, 0.2) is 0 Å². The lowest BCUT2D eigenvalue weighted by Gasteiger charge is -2.10. The zero-order valence-electron chi connectivity index (χ0n) is 8.03. The summed E-state index contributed by atoms with van der Waals surface area (Å²) in [5, 5.41) is 24.7. The van der Waals surface area contributed by atoms with Crippen molar-refractivity contribution in [3.05, 3.63) is 0 Å². The van der Waals surface area contributed by atoms with Gasteiger partial charge >= 0.3 is 0 Å². The van der Waals surface area contributed by atoms with E-state index >= 15 is 0 Å². The molecule has 4 nitrogen and oxygen atoms in total. The van der Waals surface area contributed by atoms with Crippen LogP contribution in [0.3, 0.4) is 0 Å². The Balaban J connectivity index is 0. The fraction of sp³-hybridized carbons (Fsp3) is 1.00. The summed E-state index contributed by atoms with van der Waals surface area (Å²) in [4.78, 5) is 0. The van der Waals surface area contributed by atoms with E-state index in [4.69, 9.17) is 20.1 Å². The first-order chi connectivity index (χ1) is 5.58. The van der Waals surface area contributed by atoms with Crippen molar-refractivity contribution in [2.24, 2.45) is 0 Å². The van der Waals surface area contributed by atoms with Gasteiger partial charge in [0.05, 0.1) is 25.4 Å². The zero-order valence-corrected chi connectivity index (χ0v) is 8.03. The van der Waals surface area contributed by atoms with E-state index in [-0.39, 0.29) is 19.3 Å². The highest BCUT2D eigenvalue weighted by atomic mass is 16.5. The molecule has 2 atom stereocenters. The lowest BCUT2D eigenvalue weighted by atomic mass is 10.4. The van der Waals surface area contributed by atoms with Gasteiger partial charge in [0.1, 0.15) is 0 Å². The standard InChI is InChI=1S/C6H14O3.C2H6O/c1-5(8)4-9-6(2)3-7;1-2-3/h5-8H,3-4H2,1-2H3;3H,2H2,1H3. The van der Waals surface area contributed by atoms with Gasteiger partial charge in [0.15, 0.2) is 0 Å². The van der Waals surface area contributed by atoms with Crippen molar-refractivity contribution < 1.29 is 20.1 Å². The second kappa shape index (κ2) is 10.8. The molecule has 0 spiro atoms. The highest BCUT2D eigenvalue weighted by molar-refractivity contribution is 4.47. The summed E-state index contributed by atoms with van der Waals surface area (Å²) in [6.45, 7) is 5.63. The van der Waals surface area contributed by atoms with Crippen LogP contribution in [0.1, 0.15) is 20.8 Å². The van der Waals surface area contributed by atoms with Crippen molar-refractivity contribution in [2.45, 2.75) is 33.0 Å². The zero-order chi connectivity index (χ0) is 9.98. The van der Waals surface area contributed by atoms with Gasteiger partial charge in [0, 0.05) is 6.61 Å². The van der Waals surface area contributed by atoms with E-state index in [9.17, 15) is 0 Å². The Labute approximate surface area is 73.8 Å². The molecule has 0 heterocycles. The molecule has 12 heavy (non-hydrogen) atoms. The van der Waals surface area contributed by atoms with Crippen LogP contribution < -0.4 is 0 Å². The molecule has 0 saturated heterocycles. The molecule has 2 unspecified atom stereocenters. The van der Waals surface area contributed by atoms with E-state index in [0.29, 0.717) is 6.61 Å². The molecule has 0 radical (unpaired) electrons. The van der Waals surface area contributed by atoms with Crippen molar-refractivity contribution in [1.29, 1.82) is 0 Å². The van der Waals surface area contributed by atoms with Crippen LogP contribution in [0, 0.1) is 0 Å². The summed E-state index contributed by atoms with van der Waals surface area (Å²) in [6, 6.07) is 0. The maximum absolute atomic E-state index is 8.69. The molecular formula is C8H20O4. The number of rotatable bonds is 4. The van der Waals surface area contributed by atoms with Gasteiger partial charge in [-0.1, -0.05) is 0 Å². The third-order valence-corrected chi connectivity index (χ3v) is 0.879. The second-order valence-corrected chi connectivity index (χ2v) is 2.49. The minimum absolute atomic E-state index is 0.00667. The Hall–Kier alpha value is -0.160. The fourth-order valence-electron chi connectivity index (χ4n) is 0.356. The molecule has 0 fully saturated rings. The van der Waals surface area contributed by atoms with Crippen LogP contribution in [0.2, 0.25) is 0 Å². The average molecular weight is 180 g/mol. The van der Waals surface area contributed by atoms with E-state index in [0.717, 1.165) is 0 Å². The van der Waals surface area contributed by atoms with Gasteiger partial charge in [0.2, 0.25) is 0 Å². The van der Waals surface area contributed by atoms with Gasteiger partial charge < -0.3 is 20.1 Å². The highest BCUT2D eigenvalue weighted by Gasteiger charge is 2.00. The Morgan fingerprint density at radius 1 is 1.25 bits per heavy atom. The predicted molar refractivity (Wildman–Crippen MR) is 46.9 cm³/mol. The van der Waals surface area contributed by atoms with Crippen LogP contribution >= 0.6 is 0 Å². The summed E-state index contributed by atoms with van der Waals surface area (Å²) in [7, 11) is 0. The fourth-order valence-corrected chi connectivity index (χ4v) is 0.356. The molecule has 0 aromatic rings. The molecule has 0 amide bonds. The molecule has 4 heteroatoms. The predicted octanol–water partition coefficient (Wildman–Crippen LogP) is -0.237. The first-order valence-electron chi connectivity index (χ1n) is 4.09. The molecular weight excluding hydrogens is 160 g/mol. The lowest BCUT2D eigenvalue weighted by Crippen LogP contribution is -2.19. The number of hydrogen-bond acceptors (Lipinski definition) is 4. The molecule has 0 aliphatic heterocycles. The monoisotopic (exact) mass is 180 g/mol. The Morgan fingerprint density at radius 2 is 1.67 bits per heavy atom. The number of ether oxygens (including phenoxy) is 1. The second-order valence-electron chi connectivity index (χ2n) is 2.49. The maximum atomic E-state index is 8.69. The first-order valence-corrected chi connectivity index (χ1v) is 4.09. The summed E-state index contributed by atoms with van der Waals surface area (Å²) >= 11 is 0. The molecule has 0 aliphatic rings. The van der Waals surface area contributed by atoms with Crippen molar-refractivity contribution in [1.82, 2.24) is 0 Å². The number of aliphatic hydroxyl groups is 3. The topological polar surface area (TPSA) is 69.9 Å². The van der Waals surface area contributed by atoms with Crippen LogP contribution in [0.5, 0.6) is 0 Å². The van der Waals surface area contributed by atoms with Gasteiger partial charge in [-0.2, -0.15) is 0 Å². The summed E-state index contributed by atoms with van der Waals surface area (Å²) in [5.74, 6) is 0. The third-order valence-electron chi connectivity index (χ3n) is 0.879. The Bertz CT molecular complexity index is 75.5. The van der Waals surface area contributed by atoms with Gasteiger partial charge in [0.25, 0.3) is 0 Å². The molecule has 0 aromatic heterocycles. The quantitative estimate of drug-likeness (QED) is 0.558. The van der Waals surface area contributed by atoms with E-state index in [1.54, 1.807) is 20.8 Å². The molecule has 76 valence electrons. The van der Waals surface area contributed by atoms with Crippen LogP contribution in [-0.4, -0.2) is 47.3 Å². The summed E-state index contributed by atoms with van der Waals surface area (Å²) < 4.78 is 4.95. The number of aliphatic hydroxyl groups excluding tert-OH is 3. The summed E-state index contributed by atoms with van der Waals surface area (Å²) in [6.07, 6.45) is -0.612. The molecule has 0 rings (SSSR count). The lowest BCUT2D eigenvalue weighted by molar-refractivity contribution is -0.0177. The van der Waals surface area contributed by atoms with Crippen molar-refractivity contribution >= 4 is 0 Å². The van der Waals surface area contributed by atoms with Crippen molar-refractivity contribution in [3.8, 4) is 0 Å². The summed E-state index contributed by atoms with van der Waals surface area (Å²) in [5.41, 5.74) is 0. The molecule has 0 bridgehead atoms. The van der Waals surface area contributed by atoms with Crippen LogP contribution in [-0.2, 0) is 4.74 Å². The molecule has 0 aromatic carbocycles. The van der Waals surface area contributed by atoms with Crippen molar-refractivity contribution in [2.75, 3.05) is 19.8 Å². The van der Waals surface area contributed by atoms with Crippen LogP contribution in [0.25, 0.3) is 0 Å². The smallest absolute Gasteiger partial charge is 0.0779 e. The normalized spacial score (nSPS) is 14.5. The minimum atomic E-state index is -0.445.